The summed E-state index contributed by atoms with van der Waals surface area (Å²) in [7, 11) is 0. The van der Waals surface area contributed by atoms with Gasteiger partial charge in [0.15, 0.2) is 0 Å². The molecular weight excluding hydrogens is 288 g/mol. The molecule has 120 valence electrons. The first kappa shape index (κ1) is 19.7. The van der Waals surface area contributed by atoms with Crippen molar-refractivity contribution in [3.8, 4) is 0 Å². The zero-order chi connectivity index (χ0) is 15.0. The second-order valence-corrected chi connectivity index (χ2v) is 5.08. The fraction of sp³-hybridized carbons (Fsp3) is 0.562. The molecular formula is C16H27ClN2O2. The molecule has 0 radical (unpaired) electrons. The van der Waals surface area contributed by atoms with E-state index in [0.717, 1.165) is 36.3 Å². The lowest BCUT2D eigenvalue weighted by Crippen LogP contribution is -3.12. The molecule has 0 aliphatic rings. The molecule has 2 N–H and O–H groups in total. The molecule has 0 aromatic heterocycles. The number of aryl methyl sites for hydroxylation is 2. The zero-order valence-electron chi connectivity index (χ0n) is 13.5. The Kier molecular flexibility index (Phi) is 9.84. The molecule has 0 bridgehead atoms. The van der Waals surface area contributed by atoms with Crippen molar-refractivity contribution in [2.24, 2.45) is 0 Å². The molecule has 0 aliphatic carbocycles. The van der Waals surface area contributed by atoms with Gasteiger partial charge in [0, 0.05) is 0 Å². The van der Waals surface area contributed by atoms with Crippen LogP contribution in [0, 0.1) is 13.8 Å². The van der Waals surface area contributed by atoms with E-state index in [0.29, 0.717) is 13.2 Å². The standard InChI is InChI=1S/C16H26N2O2.ClH/c1-5-18(6-2)11-10-17-16(19)20-12-15-13(3)8-7-9-14(15)4;/h7-9H,5-6,10-12H2,1-4H3,(H,17,19);1H. The minimum atomic E-state index is -0.334. The average molecular weight is 315 g/mol. The van der Waals surface area contributed by atoms with Crippen molar-refractivity contribution in [1.29, 1.82) is 0 Å². The lowest BCUT2D eigenvalue weighted by Gasteiger charge is -2.15. The van der Waals surface area contributed by atoms with Gasteiger partial charge in [-0.3, -0.25) is 0 Å². The molecule has 0 heterocycles. The van der Waals surface area contributed by atoms with E-state index in [4.69, 9.17) is 4.74 Å². The Morgan fingerprint density at radius 2 is 1.76 bits per heavy atom. The second kappa shape index (κ2) is 10.5. The summed E-state index contributed by atoms with van der Waals surface area (Å²) in [6.07, 6.45) is -0.334. The summed E-state index contributed by atoms with van der Waals surface area (Å²) in [6, 6.07) is 6.09. The number of alkyl carbamates (subject to hydrolysis) is 1. The van der Waals surface area contributed by atoms with Gasteiger partial charge in [0.1, 0.15) is 6.61 Å². The van der Waals surface area contributed by atoms with Crippen LogP contribution in [-0.4, -0.2) is 32.3 Å². The molecule has 21 heavy (non-hydrogen) atoms. The Morgan fingerprint density at radius 3 is 2.29 bits per heavy atom. The van der Waals surface area contributed by atoms with E-state index in [1.807, 2.05) is 32.0 Å². The van der Waals surface area contributed by atoms with Crippen LogP contribution in [0.2, 0.25) is 0 Å². The van der Waals surface area contributed by atoms with Gasteiger partial charge < -0.3 is 27.4 Å². The number of quaternary nitrogens is 1. The SMILES string of the molecule is CC[NH+](CC)CCNC(=O)OCc1c(C)cccc1C.[Cl-]. The number of benzene rings is 1. The van der Waals surface area contributed by atoms with Crippen molar-refractivity contribution in [1.82, 2.24) is 5.32 Å². The summed E-state index contributed by atoms with van der Waals surface area (Å²) in [5.41, 5.74) is 3.41. The highest BCUT2D eigenvalue weighted by molar-refractivity contribution is 5.67. The minimum Gasteiger partial charge on any atom is -1.00 e. The van der Waals surface area contributed by atoms with E-state index in [-0.39, 0.29) is 18.5 Å². The Morgan fingerprint density at radius 1 is 1.19 bits per heavy atom. The minimum absolute atomic E-state index is 0. The Hall–Kier alpha value is -1.26. The fourth-order valence-electron chi connectivity index (χ4n) is 2.21. The van der Waals surface area contributed by atoms with Gasteiger partial charge in [0.05, 0.1) is 26.2 Å². The molecule has 0 unspecified atom stereocenters. The second-order valence-electron chi connectivity index (χ2n) is 5.08. The maximum absolute atomic E-state index is 11.7. The predicted octanol–water partition coefficient (Wildman–Crippen LogP) is -1.54. The van der Waals surface area contributed by atoms with E-state index < -0.39 is 0 Å². The first-order valence-corrected chi connectivity index (χ1v) is 7.37. The van der Waals surface area contributed by atoms with E-state index >= 15 is 0 Å². The highest BCUT2D eigenvalue weighted by Gasteiger charge is 2.08. The van der Waals surface area contributed by atoms with Gasteiger partial charge in [-0.2, -0.15) is 0 Å². The number of carbonyl (C=O) groups excluding carboxylic acids is 1. The molecule has 4 nitrogen and oxygen atoms in total. The summed E-state index contributed by atoms with van der Waals surface area (Å²) in [6.45, 7) is 12.5. The molecule has 1 aromatic rings. The van der Waals surface area contributed by atoms with Crippen LogP contribution in [0.1, 0.15) is 30.5 Å². The number of carbonyl (C=O) groups is 1. The molecule has 1 amide bonds. The van der Waals surface area contributed by atoms with Crippen LogP contribution in [0.15, 0.2) is 18.2 Å². The predicted molar refractivity (Wildman–Crippen MR) is 81.0 cm³/mol. The maximum atomic E-state index is 11.7. The van der Waals surface area contributed by atoms with Gasteiger partial charge in [-0.05, 0) is 44.4 Å². The Labute approximate surface area is 134 Å². The number of hydrogen-bond donors (Lipinski definition) is 2. The normalized spacial score (nSPS) is 10.1. The molecule has 0 saturated heterocycles. The molecule has 0 atom stereocenters. The summed E-state index contributed by atoms with van der Waals surface area (Å²) in [5, 5.41) is 2.81. The maximum Gasteiger partial charge on any atom is 0.407 e. The lowest BCUT2D eigenvalue weighted by atomic mass is 10.0. The number of halogens is 1. The van der Waals surface area contributed by atoms with Gasteiger partial charge in [-0.1, -0.05) is 18.2 Å². The first-order valence-electron chi connectivity index (χ1n) is 7.37. The van der Waals surface area contributed by atoms with Crippen molar-refractivity contribution in [3.05, 3.63) is 34.9 Å². The largest absolute Gasteiger partial charge is 1.00 e. The number of likely N-dealkylation sites (N-methyl/N-ethyl adjacent to an activating group) is 1. The van der Waals surface area contributed by atoms with Gasteiger partial charge in [-0.25, -0.2) is 4.79 Å². The number of nitrogens with one attached hydrogen (secondary N) is 2. The molecule has 0 saturated carbocycles. The average Bonchev–Trinajstić information content (AvgIpc) is 2.43. The van der Waals surface area contributed by atoms with Crippen LogP contribution >= 0.6 is 0 Å². The number of hydrogen-bond acceptors (Lipinski definition) is 2. The highest BCUT2D eigenvalue weighted by Crippen LogP contribution is 2.14. The van der Waals surface area contributed by atoms with E-state index in [2.05, 4.69) is 19.2 Å². The third-order valence-electron chi connectivity index (χ3n) is 3.74. The molecule has 5 heteroatoms. The van der Waals surface area contributed by atoms with Crippen LogP contribution in [0.25, 0.3) is 0 Å². The molecule has 0 spiro atoms. The van der Waals surface area contributed by atoms with E-state index in [1.165, 1.54) is 4.90 Å². The molecule has 1 rings (SSSR count). The van der Waals surface area contributed by atoms with Crippen molar-refractivity contribution in [3.63, 3.8) is 0 Å². The topological polar surface area (TPSA) is 42.8 Å². The van der Waals surface area contributed by atoms with Crippen molar-refractivity contribution in [2.45, 2.75) is 34.3 Å². The summed E-state index contributed by atoms with van der Waals surface area (Å²) >= 11 is 0. The lowest BCUT2D eigenvalue weighted by molar-refractivity contribution is -0.895. The van der Waals surface area contributed by atoms with E-state index in [9.17, 15) is 4.79 Å². The van der Waals surface area contributed by atoms with Crippen LogP contribution in [-0.2, 0) is 11.3 Å². The monoisotopic (exact) mass is 314 g/mol. The third-order valence-corrected chi connectivity index (χ3v) is 3.74. The Bertz CT molecular complexity index is 414. The highest BCUT2D eigenvalue weighted by atomic mass is 35.5. The Balaban J connectivity index is 0.00000400. The number of rotatable bonds is 7. The van der Waals surface area contributed by atoms with E-state index in [1.54, 1.807) is 0 Å². The molecule has 0 fully saturated rings. The molecule has 1 aromatic carbocycles. The number of ether oxygens (including phenoxy) is 1. The molecule has 0 aliphatic heterocycles. The smallest absolute Gasteiger partial charge is 0.407 e. The summed E-state index contributed by atoms with van der Waals surface area (Å²) < 4.78 is 5.28. The van der Waals surface area contributed by atoms with Gasteiger partial charge in [0.2, 0.25) is 0 Å². The van der Waals surface area contributed by atoms with Crippen LogP contribution in [0.5, 0.6) is 0 Å². The van der Waals surface area contributed by atoms with Gasteiger partial charge >= 0.3 is 6.09 Å². The zero-order valence-corrected chi connectivity index (χ0v) is 14.2. The van der Waals surface area contributed by atoms with Crippen LogP contribution in [0.3, 0.4) is 0 Å². The van der Waals surface area contributed by atoms with Crippen LogP contribution < -0.4 is 22.6 Å². The van der Waals surface area contributed by atoms with Gasteiger partial charge in [-0.15, -0.1) is 0 Å². The number of amides is 1. The fourth-order valence-corrected chi connectivity index (χ4v) is 2.21. The first-order chi connectivity index (χ1) is 9.58. The summed E-state index contributed by atoms with van der Waals surface area (Å²) in [5.74, 6) is 0. The van der Waals surface area contributed by atoms with Crippen LogP contribution in [0.4, 0.5) is 4.79 Å². The third kappa shape index (κ3) is 6.82. The van der Waals surface area contributed by atoms with Crippen molar-refractivity contribution < 1.29 is 26.8 Å². The van der Waals surface area contributed by atoms with Gasteiger partial charge in [0.25, 0.3) is 0 Å². The van der Waals surface area contributed by atoms with Crippen molar-refractivity contribution in [2.75, 3.05) is 26.2 Å². The summed E-state index contributed by atoms with van der Waals surface area (Å²) in [4.78, 5) is 13.1. The van der Waals surface area contributed by atoms with Crippen molar-refractivity contribution >= 4 is 6.09 Å². The quantitative estimate of drug-likeness (QED) is 0.640.